The van der Waals surface area contributed by atoms with E-state index in [2.05, 4.69) is 14.7 Å². The molecule has 1 unspecified atom stereocenters. The third-order valence-corrected chi connectivity index (χ3v) is 3.71. The summed E-state index contributed by atoms with van der Waals surface area (Å²) < 4.78 is 9.81. The number of carbonyl (C=O) groups is 1. The number of thioether (sulfide) groups is 1. The van der Waals surface area contributed by atoms with Crippen molar-refractivity contribution in [3.63, 3.8) is 0 Å². The normalized spacial score (nSPS) is 12.7. The summed E-state index contributed by atoms with van der Waals surface area (Å²) in [4.78, 5) is 15.8. The standard InChI is InChI=1S/C10H17N3O2S2/c1-4-15-9(14)8(13-7(2)3)5-16-10-11-6-12-17-10/h6-8,13H,4-5H2,1-3H3. The third kappa shape index (κ3) is 5.47. The number of aromatic nitrogens is 2. The van der Waals surface area contributed by atoms with Gasteiger partial charge in [0.25, 0.3) is 0 Å². The van der Waals surface area contributed by atoms with Crippen molar-refractivity contribution in [1.82, 2.24) is 14.7 Å². The largest absolute Gasteiger partial charge is 0.465 e. The molecule has 0 spiro atoms. The van der Waals surface area contributed by atoms with Crippen LogP contribution in [0.15, 0.2) is 10.7 Å². The molecule has 0 saturated heterocycles. The van der Waals surface area contributed by atoms with Crippen molar-refractivity contribution < 1.29 is 9.53 Å². The Morgan fingerprint density at radius 1 is 1.65 bits per heavy atom. The zero-order valence-electron chi connectivity index (χ0n) is 10.2. The van der Waals surface area contributed by atoms with Crippen molar-refractivity contribution in [2.45, 2.75) is 37.2 Å². The summed E-state index contributed by atoms with van der Waals surface area (Å²) in [5, 5.41) is 3.19. The SMILES string of the molecule is CCOC(=O)C(CSc1ncns1)NC(C)C. The Bertz CT molecular complexity index is 330. The molecule has 96 valence electrons. The first-order valence-corrected chi connectivity index (χ1v) is 7.21. The molecule has 0 aliphatic carbocycles. The molecule has 17 heavy (non-hydrogen) atoms. The van der Waals surface area contributed by atoms with Gasteiger partial charge in [-0.05, 0) is 18.5 Å². The summed E-state index contributed by atoms with van der Waals surface area (Å²) in [6.45, 7) is 6.21. The van der Waals surface area contributed by atoms with Gasteiger partial charge in [-0.15, -0.1) is 0 Å². The van der Waals surface area contributed by atoms with E-state index in [1.54, 1.807) is 0 Å². The zero-order chi connectivity index (χ0) is 12.7. The van der Waals surface area contributed by atoms with Crippen LogP contribution in [0.3, 0.4) is 0 Å². The first-order valence-electron chi connectivity index (χ1n) is 5.45. The van der Waals surface area contributed by atoms with Gasteiger partial charge >= 0.3 is 5.97 Å². The lowest BCUT2D eigenvalue weighted by molar-refractivity contribution is -0.145. The molecule has 0 bridgehead atoms. The van der Waals surface area contributed by atoms with E-state index in [-0.39, 0.29) is 18.1 Å². The van der Waals surface area contributed by atoms with Crippen molar-refractivity contribution in [3.8, 4) is 0 Å². The molecule has 7 heteroatoms. The fraction of sp³-hybridized carbons (Fsp3) is 0.700. The molecule has 0 fully saturated rings. The lowest BCUT2D eigenvalue weighted by Crippen LogP contribution is -2.43. The van der Waals surface area contributed by atoms with E-state index in [9.17, 15) is 4.79 Å². The topological polar surface area (TPSA) is 64.1 Å². The van der Waals surface area contributed by atoms with E-state index in [0.29, 0.717) is 12.4 Å². The smallest absolute Gasteiger partial charge is 0.324 e. The maximum Gasteiger partial charge on any atom is 0.324 e. The molecule has 0 saturated carbocycles. The van der Waals surface area contributed by atoms with Gasteiger partial charge < -0.3 is 10.1 Å². The number of esters is 1. The van der Waals surface area contributed by atoms with Crippen molar-refractivity contribution >= 4 is 29.3 Å². The first-order chi connectivity index (χ1) is 8.13. The van der Waals surface area contributed by atoms with Crippen LogP contribution in [0.4, 0.5) is 0 Å². The second-order valence-corrected chi connectivity index (χ2v) is 5.69. The van der Waals surface area contributed by atoms with Crippen LogP contribution in [0.1, 0.15) is 20.8 Å². The number of rotatable bonds is 7. The zero-order valence-corrected chi connectivity index (χ0v) is 11.8. The molecular formula is C10H17N3O2S2. The van der Waals surface area contributed by atoms with Crippen LogP contribution in [0.2, 0.25) is 0 Å². The minimum Gasteiger partial charge on any atom is -0.465 e. The number of nitrogens with zero attached hydrogens (tertiary/aromatic N) is 2. The van der Waals surface area contributed by atoms with Crippen LogP contribution in [-0.2, 0) is 9.53 Å². The maximum absolute atomic E-state index is 11.7. The average molecular weight is 275 g/mol. The fourth-order valence-corrected chi connectivity index (χ4v) is 2.70. The molecule has 1 aromatic heterocycles. The van der Waals surface area contributed by atoms with Gasteiger partial charge in [0.05, 0.1) is 6.61 Å². The van der Waals surface area contributed by atoms with E-state index in [4.69, 9.17) is 4.74 Å². The summed E-state index contributed by atoms with van der Waals surface area (Å²) in [5.41, 5.74) is 0. The number of nitrogens with one attached hydrogen (secondary N) is 1. The fourth-order valence-electron chi connectivity index (χ4n) is 1.21. The summed E-state index contributed by atoms with van der Waals surface area (Å²) in [6.07, 6.45) is 1.52. The highest BCUT2D eigenvalue weighted by molar-refractivity contribution is 8.01. The van der Waals surface area contributed by atoms with E-state index in [1.807, 2.05) is 20.8 Å². The second-order valence-electron chi connectivity index (χ2n) is 3.64. The molecule has 1 atom stereocenters. The molecule has 0 aliphatic rings. The molecule has 0 radical (unpaired) electrons. The highest BCUT2D eigenvalue weighted by Crippen LogP contribution is 2.19. The van der Waals surface area contributed by atoms with Gasteiger partial charge in [0, 0.05) is 11.8 Å². The third-order valence-electron chi connectivity index (χ3n) is 1.82. The first kappa shape index (κ1) is 14.4. The van der Waals surface area contributed by atoms with Gasteiger partial charge in [-0.2, -0.15) is 4.37 Å². The minimum atomic E-state index is -0.302. The Hall–Kier alpha value is -0.660. The molecule has 1 N–H and O–H groups in total. The lowest BCUT2D eigenvalue weighted by atomic mass is 10.3. The highest BCUT2D eigenvalue weighted by atomic mass is 32.2. The van der Waals surface area contributed by atoms with Crippen LogP contribution in [0.25, 0.3) is 0 Å². The number of hydrogen-bond acceptors (Lipinski definition) is 7. The number of carbonyl (C=O) groups excluding carboxylic acids is 1. The van der Waals surface area contributed by atoms with Crippen LogP contribution in [0.5, 0.6) is 0 Å². The molecular weight excluding hydrogens is 258 g/mol. The van der Waals surface area contributed by atoms with Gasteiger partial charge in [-0.1, -0.05) is 25.6 Å². The summed E-state index contributed by atoms with van der Waals surface area (Å²) >= 11 is 2.84. The maximum atomic E-state index is 11.7. The van der Waals surface area contributed by atoms with Gasteiger partial charge in [0.2, 0.25) is 0 Å². The summed E-state index contributed by atoms with van der Waals surface area (Å²) in [5.74, 6) is 0.393. The van der Waals surface area contributed by atoms with Gasteiger partial charge in [0.15, 0.2) is 4.34 Å². The Morgan fingerprint density at radius 3 is 2.94 bits per heavy atom. The van der Waals surface area contributed by atoms with Crippen molar-refractivity contribution in [2.75, 3.05) is 12.4 Å². The molecule has 1 rings (SSSR count). The van der Waals surface area contributed by atoms with Crippen molar-refractivity contribution in [1.29, 1.82) is 0 Å². The molecule has 5 nitrogen and oxygen atoms in total. The van der Waals surface area contributed by atoms with Crippen molar-refractivity contribution in [2.24, 2.45) is 0 Å². The van der Waals surface area contributed by atoms with E-state index in [1.165, 1.54) is 29.6 Å². The molecule has 1 aromatic rings. The van der Waals surface area contributed by atoms with Crippen LogP contribution in [-0.4, -0.2) is 39.8 Å². The van der Waals surface area contributed by atoms with Gasteiger partial charge in [-0.3, -0.25) is 4.79 Å². The highest BCUT2D eigenvalue weighted by Gasteiger charge is 2.21. The van der Waals surface area contributed by atoms with Crippen LogP contribution >= 0.6 is 23.3 Å². The summed E-state index contributed by atoms with van der Waals surface area (Å²) in [7, 11) is 0. The Balaban J connectivity index is 2.48. The van der Waals surface area contributed by atoms with E-state index in [0.717, 1.165) is 4.34 Å². The number of hydrogen-bond donors (Lipinski definition) is 1. The summed E-state index contributed by atoms with van der Waals surface area (Å²) in [6, 6.07) is -0.0664. The van der Waals surface area contributed by atoms with E-state index >= 15 is 0 Å². The minimum absolute atomic E-state index is 0.210. The number of ether oxygens (including phenoxy) is 1. The lowest BCUT2D eigenvalue weighted by Gasteiger charge is -2.18. The van der Waals surface area contributed by atoms with Crippen molar-refractivity contribution in [3.05, 3.63) is 6.33 Å². The van der Waals surface area contributed by atoms with Crippen LogP contribution in [0, 0.1) is 0 Å². The molecule has 0 aromatic carbocycles. The Morgan fingerprint density at radius 2 is 2.41 bits per heavy atom. The van der Waals surface area contributed by atoms with Gasteiger partial charge in [-0.25, -0.2) is 4.98 Å². The monoisotopic (exact) mass is 275 g/mol. The van der Waals surface area contributed by atoms with E-state index < -0.39 is 0 Å². The quantitative estimate of drug-likeness (QED) is 0.602. The average Bonchev–Trinajstić information content (AvgIpc) is 2.76. The molecule has 0 amide bonds. The second kappa shape index (κ2) is 7.62. The predicted octanol–water partition coefficient (Wildman–Crippen LogP) is 1.56. The molecule has 0 aliphatic heterocycles. The Kier molecular flexibility index (Phi) is 6.46. The van der Waals surface area contributed by atoms with Crippen LogP contribution < -0.4 is 5.32 Å². The molecule has 1 heterocycles. The predicted molar refractivity (Wildman–Crippen MR) is 69.3 cm³/mol. The Labute approximate surface area is 110 Å². The van der Waals surface area contributed by atoms with Gasteiger partial charge in [0.1, 0.15) is 12.4 Å².